The van der Waals surface area contributed by atoms with Gasteiger partial charge in [0.1, 0.15) is 11.5 Å². The summed E-state index contributed by atoms with van der Waals surface area (Å²) in [5, 5.41) is 32.8. The summed E-state index contributed by atoms with van der Waals surface area (Å²) in [5.41, 5.74) is 1.35. The third kappa shape index (κ3) is 6.94. The van der Waals surface area contributed by atoms with Crippen LogP contribution in [0.1, 0.15) is 13.8 Å². The minimum Gasteiger partial charge on any atom is -0.507 e. The van der Waals surface area contributed by atoms with Crippen molar-refractivity contribution in [1.29, 1.82) is 0 Å². The molecule has 3 N–H and O–H groups in total. The van der Waals surface area contributed by atoms with Crippen molar-refractivity contribution in [2.45, 2.75) is 20.0 Å². The fourth-order valence-electron chi connectivity index (χ4n) is 3.39. The van der Waals surface area contributed by atoms with Gasteiger partial charge in [0.05, 0.1) is 0 Å². The Morgan fingerprint density at radius 2 is 0.970 bits per heavy atom. The van der Waals surface area contributed by atoms with Crippen LogP contribution in [-0.4, -0.2) is 21.4 Å². The molecule has 5 rings (SSSR count). The zero-order valence-electron chi connectivity index (χ0n) is 18.7. The van der Waals surface area contributed by atoms with Crippen LogP contribution in [0.2, 0.25) is 0 Å². The molecule has 0 aliphatic heterocycles. The molecule has 4 heteroatoms. The first-order valence-corrected chi connectivity index (χ1v) is 10.5. The minimum absolute atomic E-state index is 0. The van der Waals surface area contributed by atoms with E-state index < -0.39 is 0 Å². The Morgan fingerprint density at radius 3 is 1.30 bits per heavy atom. The predicted molar refractivity (Wildman–Crippen MR) is 133 cm³/mol. The van der Waals surface area contributed by atoms with E-state index in [4.69, 9.17) is 5.11 Å². The van der Waals surface area contributed by atoms with Crippen LogP contribution in [0.25, 0.3) is 32.7 Å². The topological polar surface area (TPSA) is 60.7 Å². The van der Waals surface area contributed by atoms with Crippen LogP contribution in [0.3, 0.4) is 0 Å². The molecule has 0 bridgehead atoms. The van der Waals surface area contributed by atoms with Gasteiger partial charge in [-0.2, -0.15) is 36.4 Å². The zero-order chi connectivity index (χ0) is 22.9. The number of benzene rings is 5. The SMILES string of the molecule is CC(C)O.Oc1ccc2ccccc2c1-c1c(O)ccc2ccccc12.[Ti].[c-]1ccccc1. The Balaban J connectivity index is 0.000000294. The molecule has 0 aliphatic carbocycles. The van der Waals surface area contributed by atoms with Crippen LogP contribution in [-0.2, 0) is 21.7 Å². The first-order valence-electron chi connectivity index (χ1n) is 10.5. The Hall–Kier alpha value is -3.11. The van der Waals surface area contributed by atoms with Gasteiger partial charge in [0, 0.05) is 38.9 Å². The summed E-state index contributed by atoms with van der Waals surface area (Å²) in [4.78, 5) is 0. The Labute approximate surface area is 209 Å². The van der Waals surface area contributed by atoms with Gasteiger partial charge in [-0.15, -0.1) is 0 Å². The summed E-state index contributed by atoms with van der Waals surface area (Å²) in [7, 11) is 0. The number of phenolic OH excluding ortho intramolecular Hbond substituents is 2. The van der Waals surface area contributed by atoms with E-state index in [0.717, 1.165) is 21.5 Å². The van der Waals surface area contributed by atoms with Crippen molar-refractivity contribution < 1.29 is 37.0 Å². The average Bonchev–Trinajstić information content (AvgIpc) is 2.81. The van der Waals surface area contributed by atoms with E-state index in [-0.39, 0.29) is 39.3 Å². The van der Waals surface area contributed by atoms with Crippen LogP contribution < -0.4 is 0 Å². The predicted octanol–water partition coefficient (Wildman–Crippen LogP) is 6.94. The molecule has 5 aromatic rings. The van der Waals surface area contributed by atoms with Crippen molar-refractivity contribution in [2.75, 3.05) is 0 Å². The third-order valence-electron chi connectivity index (χ3n) is 4.67. The molecule has 0 aliphatic rings. The first-order chi connectivity index (χ1) is 15.5. The van der Waals surface area contributed by atoms with E-state index >= 15 is 0 Å². The number of aliphatic hydroxyl groups excluding tert-OH is 1. The summed E-state index contributed by atoms with van der Waals surface area (Å²) in [6.45, 7) is 3.44. The van der Waals surface area contributed by atoms with Gasteiger partial charge in [-0.3, -0.25) is 0 Å². The maximum Gasteiger partial charge on any atom is 0.124 e. The summed E-state index contributed by atoms with van der Waals surface area (Å²) < 4.78 is 0. The third-order valence-corrected chi connectivity index (χ3v) is 4.67. The smallest absolute Gasteiger partial charge is 0.124 e. The van der Waals surface area contributed by atoms with Crippen LogP contribution in [0, 0.1) is 6.07 Å². The van der Waals surface area contributed by atoms with Crippen LogP contribution >= 0.6 is 0 Å². The zero-order valence-corrected chi connectivity index (χ0v) is 20.3. The van der Waals surface area contributed by atoms with Gasteiger partial charge >= 0.3 is 0 Å². The average molecular weight is 471 g/mol. The number of aromatic hydroxyl groups is 2. The van der Waals surface area contributed by atoms with Crippen LogP contribution in [0.4, 0.5) is 0 Å². The molecule has 0 atom stereocenters. The van der Waals surface area contributed by atoms with Crippen molar-refractivity contribution in [3.8, 4) is 22.6 Å². The standard InChI is InChI=1S/C20H14O2.C6H5.C3H8O.Ti/c21-17-11-9-13-5-1-3-7-15(13)19(17)20-16-8-4-2-6-14(16)10-12-18(20)22;1-2-4-6-5-3-1;1-3(2)4;/h1-12,21-22H;1-5H;3-4H,1-2H3;/q;-1;;. The van der Waals surface area contributed by atoms with Gasteiger partial charge in [-0.1, -0.05) is 60.7 Å². The fraction of sp³-hybridized carbons (Fsp3) is 0.103. The van der Waals surface area contributed by atoms with Gasteiger partial charge in [-0.25, -0.2) is 0 Å². The van der Waals surface area contributed by atoms with Crippen molar-refractivity contribution in [2.24, 2.45) is 0 Å². The Kier molecular flexibility index (Phi) is 10.2. The van der Waals surface area contributed by atoms with E-state index in [1.165, 1.54) is 0 Å². The Morgan fingerprint density at radius 1 is 0.576 bits per heavy atom. The molecule has 33 heavy (non-hydrogen) atoms. The first kappa shape index (κ1) is 26.1. The molecule has 3 nitrogen and oxygen atoms in total. The van der Waals surface area contributed by atoms with E-state index in [2.05, 4.69) is 6.07 Å². The molecule has 0 saturated carbocycles. The number of aliphatic hydroxyl groups is 1. The van der Waals surface area contributed by atoms with E-state index in [0.29, 0.717) is 11.1 Å². The number of rotatable bonds is 1. The van der Waals surface area contributed by atoms with Crippen LogP contribution in [0.5, 0.6) is 11.5 Å². The maximum atomic E-state index is 10.4. The number of phenols is 2. The number of fused-ring (bicyclic) bond motifs is 2. The second kappa shape index (κ2) is 12.8. The molecule has 0 spiro atoms. The largest absolute Gasteiger partial charge is 0.507 e. The fourth-order valence-corrected chi connectivity index (χ4v) is 3.39. The molecule has 0 radical (unpaired) electrons. The second-order valence-electron chi connectivity index (χ2n) is 7.53. The van der Waals surface area contributed by atoms with E-state index in [9.17, 15) is 10.2 Å². The number of hydrogen-bond donors (Lipinski definition) is 3. The summed E-state index contributed by atoms with van der Waals surface area (Å²) >= 11 is 0. The van der Waals surface area contributed by atoms with Crippen molar-refractivity contribution >= 4 is 21.5 Å². The Bertz CT molecular complexity index is 1170. The molecular weight excluding hydrogens is 444 g/mol. The van der Waals surface area contributed by atoms with Crippen molar-refractivity contribution in [1.82, 2.24) is 0 Å². The molecule has 0 aromatic heterocycles. The molecular formula is C29H27O3Ti-. The monoisotopic (exact) mass is 471 g/mol. The van der Waals surface area contributed by atoms with E-state index in [1.807, 2.05) is 91.0 Å². The van der Waals surface area contributed by atoms with E-state index in [1.54, 1.807) is 26.0 Å². The van der Waals surface area contributed by atoms with Crippen molar-refractivity contribution in [3.05, 3.63) is 109 Å². The molecule has 0 saturated heterocycles. The molecule has 0 amide bonds. The quantitative estimate of drug-likeness (QED) is 0.183. The van der Waals surface area contributed by atoms with Gasteiger partial charge in [0.2, 0.25) is 0 Å². The summed E-state index contributed by atoms with van der Waals surface area (Å²) in [6.07, 6.45) is -0.167. The normalized spacial score (nSPS) is 9.94. The second-order valence-corrected chi connectivity index (χ2v) is 7.53. The van der Waals surface area contributed by atoms with Gasteiger partial charge in [0.15, 0.2) is 0 Å². The molecule has 0 fully saturated rings. The van der Waals surface area contributed by atoms with Gasteiger partial charge < -0.3 is 15.3 Å². The summed E-state index contributed by atoms with van der Waals surface area (Å²) in [5.74, 6) is 0.343. The molecule has 5 aromatic carbocycles. The molecule has 0 unspecified atom stereocenters. The van der Waals surface area contributed by atoms with Gasteiger partial charge in [-0.05, 0) is 47.5 Å². The molecule has 0 heterocycles. The summed E-state index contributed by atoms with van der Waals surface area (Å²) in [6, 6.07) is 35.4. The van der Waals surface area contributed by atoms with Crippen molar-refractivity contribution in [3.63, 3.8) is 0 Å². The number of hydrogen-bond acceptors (Lipinski definition) is 3. The van der Waals surface area contributed by atoms with Crippen LogP contribution in [0.15, 0.2) is 103 Å². The maximum absolute atomic E-state index is 10.4. The van der Waals surface area contributed by atoms with Gasteiger partial charge in [0.25, 0.3) is 0 Å². The molecule has 166 valence electrons. The minimum atomic E-state index is -0.167.